The first-order valence-electron chi connectivity index (χ1n) is 14.0. The highest BCUT2D eigenvalue weighted by molar-refractivity contribution is 6.04. The van der Waals surface area contributed by atoms with Crippen molar-refractivity contribution in [1.82, 2.24) is 4.98 Å². The van der Waals surface area contributed by atoms with Gasteiger partial charge in [0.15, 0.2) is 23.1 Å². The number of Topliss-reactive ketones (excluding diaryl/α,β-unsaturated/α-hetero) is 4. The Kier molecular flexibility index (Phi) is 10.3. The van der Waals surface area contributed by atoms with Gasteiger partial charge in [-0.25, -0.2) is 0 Å². The number of rotatable bonds is 13. The molecule has 6 nitrogen and oxygen atoms in total. The van der Waals surface area contributed by atoms with Crippen LogP contribution in [-0.4, -0.2) is 33.2 Å². The number of hydrogen-bond donors (Lipinski definition) is 1. The first-order valence-corrected chi connectivity index (χ1v) is 14.0. The lowest BCUT2D eigenvalue weighted by Crippen LogP contribution is -2.16. The molecule has 0 bridgehead atoms. The Morgan fingerprint density at radius 1 is 0.682 bits per heavy atom. The minimum atomic E-state index is -4.74. The van der Waals surface area contributed by atoms with Crippen LogP contribution >= 0.6 is 0 Å². The summed E-state index contributed by atoms with van der Waals surface area (Å²) in [5.74, 6) is -1.72. The maximum atomic E-state index is 13.3. The summed E-state index contributed by atoms with van der Waals surface area (Å²) < 4.78 is 39.9. The Hall–Kier alpha value is -4.76. The summed E-state index contributed by atoms with van der Waals surface area (Å²) in [7, 11) is 0. The van der Waals surface area contributed by atoms with Crippen molar-refractivity contribution in [3.05, 3.63) is 135 Å². The van der Waals surface area contributed by atoms with Crippen LogP contribution in [0.3, 0.4) is 0 Å². The third kappa shape index (κ3) is 7.79. The number of aliphatic hydroxyl groups excluding tert-OH is 1. The molecule has 0 spiro atoms. The number of aromatic nitrogens is 1. The Balaban J connectivity index is 1.45. The zero-order chi connectivity index (χ0) is 31.9. The standard InChI is InChI=1S/C35H30F3NO5/c1-22-12-13-23(20-28(22)32(43)16-17-33(44)34-29(35(36,37)38)11-6-18-39-34)19-24-7-2-4-9-26(24)30(41)14-15-31(42)27-10-5-3-8-25(27)21-40/h2-13,18,20,40H,14-17,19,21H2,1H3. The van der Waals surface area contributed by atoms with Gasteiger partial charge in [-0.1, -0.05) is 60.7 Å². The zero-order valence-corrected chi connectivity index (χ0v) is 24.0. The normalized spacial score (nSPS) is 11.3. The highest BCUT2D eigenvalue weighted by Gasteiger charge is 2.35. The Morgan fingerprint density at radius 2 is 1.23 bits per heavy atom. The van der Waals surface area contributed by atoms with Crippen molar-refractivity contribution < 1.29 is 37.5 Å². The molecule has 0 radical (unpaired) electrons. The topological polar surface area (TPSA) is 101 Å². The molecule has 0 saturated heterocycles. The lowest BCUT2D eigenvalue weighted by Gasteiger charge is -2.12. The third-order valence-corrected chi connectivity index (χ3v) is 7.34. The number of benzene rings is 3. The molecule has 0 amide bonds. The molecule has 226 valence electrons. The van der Waals surface area contributed by atoms with Crippen LogP contribution in [0, 0.1) is 6.92 Å². The largest absolute Gasteiger partial charge is 0.418 e. The Labute approximate surface area is 252 Å². The Morgan fingerprint density at radius 3 is 1.84 bits per heavy atom. The molecular weight excluding hydrogens is 571 g/mol. The van der Waals surface area contributed by atoms with Crippen LogP contribution < -0.4 is 0 Å². The van der Waals surface area contributed by atoms with E-state index in [1.165, 1.54) is 0 Å². The van der Waals surface area contributed by atoms with Gasteiger partial charge in [-0.05, 0) is 53.8 Å². The number of halogens is 3. The summed E-state index contributed by atoms with van der Waals surface area (Å²) in [6.07, 6.45) is -4.09. The first kappa shape index (κ1) is 32.2. The van der Waals surface area contributed by atoms with Crippen LogP contribution in [0.4, 0.5) is 13.2 Å². The number of aryl methyl sites for hydroxylation is 1. The number of nitrogens with zero attached hydrogens (tertiary/aromatic N) is 1. The second-order valence-corrected chi connectivity index (χ2v) is 10.4. The molecule has 0 unspecified atom stereocenters. The Bertz CT molecular complexity index is 1710. The van der Waals surface area contributed by atoms with E-state index in [0.717, 1.165) is 23.9 Å². The average Bonchev–Trinajstić information content (AvgIpc) is 3.02. The molecule has 0 saturated carbocycles. The van der Waals surface area contributed by atoms with Gasteiger partial charge in [0, 0.05) is 48.6 Å². The molecular formula is C35H30F3NO5. The molecule has 1 heterocycles. The molecule has 0 aliphatic heterocycles. The van der Waals surface area contributed by atoms with Crippen molar-refractivity contribution in [2.75, 3.05) is 0 Å². The van der Waals surface area contributed by atoms with Gasteiger partial charge in [0.2, 0.25) is 0 Å². The predicted octanol–water partition coefficient (Wildman–Crippen LogP) is 7.18. The quantitative estimate of drug-likeness (QED) is 0.163. The number of alkyl halides is 3. The number of carbonyl (C=O) groups is 4. The minimum absolute atomic E-state index is 0.0188. The van der Waals surface area contributed by atoms with Crippen molar-refractivity contribution in [3.8, 4) is 0 Å². The number of pyridine rings is 1. The fraction of sp³-hybridized carbons (Fsp3) is 0.229. The first-order chi connectivity index (χ1) is 21.0. The average molecular weight is 602 g/mol. The van der Waals surface area contributed by atoms with Crippen LogP contribution in [0.15, 0.2) is 85.1 Å². The fourth-order valence-corrected chi connectivity index (χ4v) is 5.01. The van der Waals surface area contributed by atoms with Crippen molar-refractivity contribution in [2.45, 2.75) is 51.8 Å². The molecule has 3 aromatic carbocycles. The summed E-state index contributed by atoms with van der Waals surface area (Å²) in [6.45, 7) is 1.45. The molecule has 1 aromatic heterocycles. The molecule has 0 fully saturated rings. The summed E-state index contributed by atoms with van der Waals surface area (Å²) in [4.78, 5) is 55.2. The summed E-state index contributed by atoms with van der Waals surface area (Å²) >= 11 is 0. The van der Waals surface area contributed by atoms with Crippen LogP contribution in [0.25, 0.3) is 0 Å². The van der Waals surface area contributed by atoms with Crippen molar-refractivity contribution in [1.29, 1.82) is 0 Å². The maximum absolute atomic E-state index is 13.3. The molecule has 0 aliphatic carbocycles. The van der Waals surface area contributed by atoms with Gasteiger partial charge in [0.1, 0.15) is 5.69 Å². The second-order valence-electron chi connectivity index (χ2n) is 10.4. The van der Waals surface area contributed by atoms with Gasteiger partial charge in [0.05, 0.1) is 12.2 Å². The van der Waals surface area contributed by atoms with E-state index in [-0.39, 0.29) is 37.4 Å². The highest BCUT2D eigenvalue weighted by Crippen LogP contribution is 2.31. The van der Waals surface area contributed by atoms with E-state index in [1.54, 1.807) is 67.6 Å². The summed E-state index contributed by atoms with van der Waals surface area (Å²) in [6, 6.07) is 20.8. The van der Waals surface area contributed by atoms with E-state index >= 15 is 0 Å². The highest BCUT2D eigenvalue weighted by atomic mass is 19.4. The van der Waals surface area contributed by atoms with Crippen molar-refractivity contribution in [2.24, 2.45) is 0 Å². The van der Waals surface area contributed by atoms with E-state index in [1.807, 2.05) is 6.07 Å². The predicted molar refractivity (Wildman–Crippen MR) is 158 cm³/mol. The van der Waals surface area contributed by atoms with Crippen LogP contribution in [-0.2, 0) is 19.2 Å². The fourth-order valence-electron chi connectivity index (χ4n) is 5.01. The van der Waals surface area contributed by atoms with E-state index in [4.69, 9.17) is 0 Å². The maximum Gasteiger partial charge on any atom is 0.418 e. The van der Waals surface area contributed by atoms with E-state index in [0.29, 0.717) is 39.8 Å². The molecule has 44 heavy (non-hydrogen) atoms. The van der Waals surface area contributed by atoms with Crippen molar-refractivity contribution >= 4 is 23.1 Å². The molecule has 4 aromatic rings. The summed E-state index contributed by atoms with van der Waals surface area (Å²) in [5.41, 5.74) is 1.90. The number of aliphatic hydroxyl groups is 1. The minimum Gasteiger partial charge on any atom is -0.392 e. The smallest absolute Gasteiger partial charge is 0.392 e. The molecule has 0 atom stereocenters. The molecule has 0 aliphatic rings. The van der Waals surface area contributed by atoms with Gasteiger partial charge in [0.25, 0.3) is 0 Å². The van der Waals surface area contributed by atoms with Gasteiger partial charge in [-0.3, -0.25) is 24.2 Å². The van der Waals surface area contributed by atoms with E-state index < -0.39 is 35.4 Å². The van der Waals surface area contributed by atoms with Crippen LogP contribution in [0.5, 0.6) is 0 Å². The van der Waals surface area contributed by atoms with E-state index in [2.05, 4.69) is 4.98 Å². The van der Waals surface area contributed by atoms with Gasteiger partial charge in [-0.2, -0.15) is 13.2 Å². The van der Waals surface area contributed by atoms with Crippen LogP contribution in [0.2, 0.25) is 0 Å². The van der Waals surface area contributed by atoms with Gasteiger partial charge >= 0.3 is 6.18 Å². The van der Waals surface area contributed by atoms with Crippen molar-refractivity contribution in [3.63, 3.8) is 0 Å². The third-order valence-electron chi connectivity index (χ3n) is 7.34. The molecule has 1 N–H and O–H groups in total. The monoisotopic (exact) mass is 601 g/mol. The SMILES string of the molecule is Cc1ccc(Cc2ccccc2C(=O)CCC(=O)c2ccccc2CO)cc1C(=O)CCC(=O)c1ncccc1C(F)(F)F. The summed E-state index contributed by atoms with van der Waals surface area (Å²) in [5, 5.41) is 9.51. The van der Waals surface area contributed by atoms with E-state index in [9.17, 15) is 37.5 Å². The number of ketones is 4. The molecule has 9 heteroatoms. The lowest BCUT2D eigenvalue weighted by molar-refractivity contribution is -0.138. The second kappa shape index (κ2) is 14.1. The number of hydrogen-bond acceptors (Lipinski definition) is 6. The van der Waals surface area contributed by atoms with Gasteiger partial charge in [-0.15, -0.1) is 0 Å². The van der Waals surface area contributed by atoms with Gasteiger partial charge < -0.3 is 5.11 Å². The number of carbonyl (C=O) groups excluding carboxylic acids is 4. The van der Waals surface area contributed by atoms with Crippen LogP contribution in [0.1, 0.15) is 95.1 Å². The molecule has 4 rings (SSSR count). The lowest BCUT2D eigenvalue weighted by atomic mass is 9.91. The zero-order valence-electron chi connectivity index (χ0n) is 24.0.